The Labute approximate surface area is 152 Å². The summed E-state index contributed by atoms with van der Waals surface area (Å²) in [5, 5.41) is 10.6. The Morgan fingerprint density at radius 1 is 0.962 bits per heavy atom. The first-order valence-corrected chi connectivity index (χ1v) is 9.45. The van der Waals surface area contributed by atoms with Gasteiger partial charge < -0.3 is 19.9 Å². The number of para-hydroxylation sites is 1. The number of rotatable bonds is 2. The summed E-state index contributed by atoms with van der Waals surface area (Å²) < 4.78 is 0. The number of piperazine rings is 1. The molecule has 2 amide bonds. The van der Waals surface area contributed by atoms with E-state index in [0.717, 1.165) is 36.6 Å². The van der Waals surface area contributed by atoms with Crippen LogP contribution in [0, 0.1) is 5.92 Å². The molecule has 2 heterocycles. The second-order valence-electron chi connectivity index (χ2n) is 7.39. The molecular formula is C20H25N3O3. The summed E-state index contributed by atoms with van der Waals surface area (Å²) in [5.41, 5.74) is 1.57. The minimum Gasteiger partial charge on any atom is -0.393 e. The molecule has 0 radical (unpaired) electrons. The molecule has 1 aromatic heterocycles. The number of aliphatic hydroxyl groups excluding tert-OH is 1. The van der Waals surface area contributed by atoms with E-state index in [1.54, 1.807) is 0 Å². The van der Waals surface area contributed by atoms with E-state index in [4.69, 9.17) is 0 Å². The van der Waals surface area contributed by atoms with Gasteiger partial charge in [0.05, 0.1) is 6.10 Å². The molecule has 1 aliphatic carbocycles. The summed E-state index contributed by atoms with van der Waals surface area (Å²) in [6.45, 7) is 2.30. The Bertz CT molecular complexity index is 766. The highest BCUT2D eigenvalue weighted by Crippen LogP contribution is 2.26. The molecular weight excluding hydrogens is 330 g/mol. The van der Waals surface area contributed by atoms with Crippen molar-refractivity contribution in [1.82, 2.24) is 14.8 Å². The smallest absolute Gasteiger partial charge is 0.270 e. The highest BCUT2D eigenvalue weighted by atomic mass is 16.3. The minimum atomic E-state index is -0.246. The van der Waals surface area contributed by atoms with E-state index < -0.39 is 0 Å². The zero-order chi connectivity index (χ0) is 18.1. The molecule has 0 spiro atoms. The number of nitrogens with zero attached hydrogens (tertiary/aromatic N) is 2. The van der Waals surface area contributed by atoms with Crippen LogP contribution in [0.15, 0.2) is 30.3 Å². The van der Waals surface area contributed by atoms with E-state index in [1.165, 1.54) is 0 Å². The average Bonchev–Trinajstić information content (AvgIpc) is 3.12. The quantitative estimate of drug-likeness (QED) is 0.865. The SMILES string of the molecule is O=C(c1cc2ccccc2[nH]1)N1CCN(C(=O)C2CCC(O)CC2)CC1. The van der Waals surface area contributed by atoms with Crippen molar-refractivity contribution in [3.63, 3.8) is 0 Å². The molecule has 1 saturated carbocycles. The van der Waals surface area contributed by atoms with Gasteiger partial charge in [-0.3, -0.25) is 9.59 Å². The Hall–Kier alpha value is -2.34. The van der Waals surface area contributed by atoms with Crippen LogP contribution in [0.5, 0.6) is 0 Å². The molecule has 6 heteroatoms. The van der Waals surface area contributed by atoms with Crippen LogP contribution in [0.4, 0.5) is 0 Å². The van der Waals surface area contributed by atoms with Crippen molar-refractivity contribution in [3.8, 4) is 0 Å². The number of aromatic amines is 1. The van der Waals surface area contributed by atoms with Gasteiger partial charge in [-0.1, -0.05) is 18.2 Å². The van der Waals surface area contributed by atoms with Crippen LogP contribution in [0.25, 0.3) is 10.9 Å². The lowest BCUT2D eigenvalue weighted by molar-refractivity contribution is -0.138. The Kier molecular flexibility index (Phi) is 4.68. The van der Waals surface area contributed by atoms with Gasteiger partial charge in [0, 0.05) is 43.0 Å². The van der Waals surface area contributed by atoms with Crippen molar-refractivity contribution in [2.24, 2.45) is 5.92 Å². The predicted octanol–water partition coefficient (Wildman–Crippen LogP) is 2.00. The average molecular weight is 355 g/mol. The topological polar surface area (TPSA) is 76.6 Å². The third-order valence-corrected chi connectivity index (χ3v) is 5.68. The summed E-state index contributed by atoms with van der Waals surface area (Å²) in [4.78, 5) is 32.3. The number of aromatic nitrogens is 1. The van der Waals surface area contributed by atoms with E-state index in [1.807, 2.05) is 40.1 Å². The van der Waals surface area contributed by atoms with Gasteiger partial charge in [0.1, 0.15) is 5.69 Å². The summed E-state index contributed by atoms with van der Waals surface area (Å²) in [6.07, 6.45) is 2.73. The Balaban J connectivity index is 1.35. The third kappa shape index (κ3) is 3.33. The monoisotopic (exact) mass is 355 g/mol. The molecule has 0 bridgehead atoms. The number of hydrogen-bond acceptors (Lipinski definition) is 3. The van der Waals surface area contributed by atoms with Crippen LogP contribution < -0.4 is 0 Å². The Morgan fingerprint density at radius 2 is 1.62 bits per heavy atom. The molecule has 0 unspecified atom stereocenters. The summed E-state index contributed by atoms with van der Waals surface area (Å²) in [6, 6.07) is 9.74. The minimum absolute atomic E-state index is 0.00547. The van der Waals surface area contributed by atoms with Crippen molar-refractivity contribution < 1.29 is 14.7 Å². The fourth-order valence-electron chi connectivity index (χ4n) is 4.07. The maximum atomic E-state index is 12.7. The number of amides is 2. The van der Waals surface area contributed by atoms with Crippen molar-refractivity contribution in [2.45, 2.75) is 31.8 Å². The molecule has 2 aromatic rings. The number of hydrogen-bond donors (Lipinski definition) is 2. The van der Waals surface area contributed by atoms with Crippen molar-refractivity contribution >= 4 is 22.7 Å². The van der Waals surface area contributed by atoms with Gasteiger partial charge in [0.2, 0.25) is 5.91 Å². The number of H-pyrrole nitrogens is 1. The van der Waals surface area contributed by atoms with Crippen LogP contribution in [0.3, 0.4) is 0 Å². The summed E-state index contributed by atoms with van der Waals surface area (Å²) >= 11 is 0. The van der Waals surface area contributed by atoms with Crippen LogP contribution >= 0.6 is 0 Å². The van der Waals surface area contributed by atoms with Crippen molar-refractivity contribution in [1.29, 1.82) is 0 Å². The third-order valence-electron chi connectivity index (χ3n) is 5.68. The molecule has 138 valence electrons. The van der Waals surface area contributed by atoms with E-state index in [0.29, 0.717) is 31.9 Å². The fraction of sp³-hybridized carbons (Fsp3) is 0.500. The number of aliphatic hydroxyl groups is 1. The first-order chi connectivity index (χ1) is 12.6. The van der Waals surface area contributed by atoms with E-state index in [9.17, 15) is 14.7 Å². The van der Waals surface area contributed by atoms with Crippen LogP contribution in [0.1, 0.15) is 36.2 Å². The van der Waals surface area contributed by atoms with Crippen LogP contribution in [-0.2, 0) is 4.79 Å². The number of carbonyl (C=O) groups is 2. The lowest BCUT2D eigenvalue weighted by Crippen LogP contribution is -2.52. The largest absolute Gasteiger partial charge is 0.393 e. The first kappa shape index (κ1) is 17.1. The lowest BCUT2D eigenvalue weighted by atomic mass is 9.86. The van der Waals surface area contributed by atoms with Gasteiger partial charge in [-0.05, 0) is 37.8 Å². The molecule has 2 fully saturated rings. The molecule has 1 saturated heterocycles. The van der Waals surface area contributed by atoms with Crippen LogP contribution in [0.2, 0.25) is 0 Å². The number of carbonyl (C=O) groups excluding carboxylic acids is 2. The normalized spacial score (nSPS) is 24.0. The number of fused-ring (bicyclic) bond motifs is 1. The van der Waals surface area contributed by atoms with Gasteiger partial charge in [-0.15, -0.1) is 0 Å². The molecule has 6 nitrogen and oxygen atoms in total. The molecule has 2 aliphatic rings. The maximum absolute atomic E-state index is 12.7. The van der Waals surface area contributed by atoms with E-state index in [2.05, 4.69) is 4.98 Å². The summed E-state index contributed by atoms with van der Waals surface area (Å²) in [7, 11) is 0. The number of benzene rings is 1. The van der Waals surface area contributed by atoms with Gasteiger partial charge in [-0.25, -0.2) is 0 Å². The van der Waals surface area contributed by atoms with E-state index in [-0.39, 0.29) is 23.8 Å². The molecule has 4 rings (SSSR count). The lowest BCUT2D eigenvalue weighted by Gasteiger charge is -2.37. The maximum Gasteiger partial charge on any atom is 0.270 e. The van der Waals surface area contributed by atoms with Crippen LogP contribution in [-0.4, -0.2) is 64.0 Å². The molecule has 0 atom stereocenters. The highest BCUT2D eigenvalue weighted by Gasteiger charge is 2.31. The van der Waals surface area contributed by atoms with Gasteiger partial charge in [-0.2, -0.15) is 0 Å². The molecule has 26 heavy (non-hydrogen) atoms. The van der Waals surface area contributed by atoms with E-state index >= 15 is 0 Å². The van der Waals surface area contributed by atoms with Gasteiger partial charge in [0.15, 0.2) is 0 Å². The van der Waals surface area contributed by atoms with Crippen molar-refractivity contribution in [3.05, 3.63) is 36.0 Å². The second kappa shape index (κ2) is 7.11. The fourth-order valence-corrected chi connectivity index (χ4v) is 4.07. The zero-order valence-electron chi connectivity index (χ0n) is 14.9. The second-order valence-corrected chi connectivity index (χ2v) is 7.39. The predicted molar refractivity (Wildman–Crippen MR) is 98.7 cm³/mol. The summed E-state index contributed by atoms with van der Waals surface area (Å²) in [5.74, 6) is 0.220. The molecule has 1 aromatic carbocycles. The number of nitrogens with one attached hydrogen (secondary N) is 1. The Morgan fingerprint density at radius 3 is 2.31 bits per heavy atom. The van der Waals surface area contributed by atoms with Gasteiger partial charge >= 0.3 is 0 Å². The molecule has 1 aliphatic heterocycles. The molecule has 2 N–H and O–H groups in total. The van der Waals surface area contributed by atoms with Gasteiger partial charge in [0.25, 0.3) is 5.91 Å². The zero-order valence-corrected chi connectivity index (χ0v) is 14.9. The standard InChI is InChI=1S/C20H25N3O3/c24-16-7-5-14(6-8-16)19(25)22-9-11-23(12-10-22)20(26)18-13-15-3-1-2-4-17(15)21-18/h1-4,13-14,16,21,24H,5-12H2. The van der Waals surface area contributed by atoms with Crippen molar-refractivity contribution in [2.75, 3.05) is 26.2 Å². The first-order valence-electron chi connectivity index (χ1n) is 9.45. The highest BCUT2D eigenvalue weighted by molar-refractivity contribution is 5.98.